The minimum atomic E-state index is 0.100. The molecule has 0 aliphatic heterocycles. The van der Waals surface area contributed by atoms with Crippen molar-refractivity contribution in [1.29, 1.82) is 0 Å². The van der Waals surface area contributed by atoms with E-state index in [0.29, 0.717) is 6.54 Å². The molecule has 0 saturated carbocycles. The molecular weight excluding hydrogens is 178 g/mol. The van der Waals surface area contributed by atoms with Crippen LogP contribution in [0.25, 0.3) is 0 Å². The molecule has 0 aliphatic carbocycles. The summed E-state index contributed by atoms with van der Waals surface area (Å²) in [6.07, 6.45) is 1.02. The predicted octanol–water partition coefficient (Wildman–Crippen LogP) is 1.81. The second kappa shape index (κ2) is 5.50. The molecule has 3 heteroatoms. The van der Waals surface area contributed by atoms with Crippen molar-refractivity contribution < 1.29 is 9.47 Å². The first kappa shape index (κ1) is 10.9. The highest BCUT2D eigenvalue weighted by molar-refractivity contribution is 5.31. The number of methoxy groups -OCH3 is 1. The summed E-state index contributed by atoms with van der Waals surface area (Å²) in [6, 6.07) is 7.52. The standard InChI is InChI=1S/C11H17NO2/c1-3-9(8-12)14-11-6-4-10(13-2)5-7-11/h4-7,9H,3,8,12H2,1-2H3/t9-/m0/s1. The van der Waals surface area contributed by atoms with Gasteiger partial charge in [0.15, 0.2) is 0 Å². The molecular formula is C11H17NO2. The van der Waals surface area contributed by atoms with Gasteiger partial charge in [0, 0.05) is 6.54 Å². The van der Waals surface area contributed by atoms with E-state index in [2.05, 4.69) is 6.92 Å². The van der Waals surface area contributed by atoms with E-state index in [1.54, 1.807) is 7.11 Å². The Morgan fingerprint density at radius 3 is 2.21 bits per heavy atom. The lowest BCUT2D eigenvalue weighted by Crippen LogP contribution is -2.25. The van der Waals surface area contributed by atoms with Crippen LogP contribution in [0.1, 0.15) is 13.3 Å². The molecule has 1 rings (SSSR count). The fraction of sp³-hybridized carbons (Fsp3) is 0.455. The van der Waals surface area contributed by atoms with Crippen LogP contribution in [0.15, 0.2) is 24.3 Å². The molecule has 0 fully saturated rings. The molecule has 1 aromatic rings. The Labute approximate surface area is 84.8 Å². The molecule has 0 saturated heterocycles. The number of hydrogen-bond donors (Lipinski definition) is 1. The highest BCUT2D eigenvalue weighted by Crippen LogP contribution is 2.18. The van der Waals surface area contributed by atoms with Crippen LogP contribution in [-0.4, -0.2) is 19.8 Å². The topological polar surface area (TPSA) is 44.5 Å². The first-order valence-electron chi connectivity index (χ1n) is 4.81. The van der Waals surface area contributed by atoms with Crippen molar-refractivity contribution in [2.75, 3.05) is 13.7 Å². The van der Waals surface area contributed by atoms with Gasteiger partial charge < -0.3 is 15.2 Å². The molecule has 3 nitrogen and oxygen atoms in total. The second-order valence-corrected chi connectivity index (χ2v) is 3.06. The fourth-order valence-corrected chi connectivity index (χ4v) is 1.14. The molecule has 0 bridgehead atoms. The first-order valence-corrected chi connectivity index (χ1v) is 4.81. The van der Waals surface area contributed by atoms with Crippen LogP contribution in [0.3, 0.4) is 0 Å². The lowest BCUT2D eigenvalue weighted by molar-refractivity contribution is 0.205. The zero-order chi connectivity index (χ0) is 10.4. The van der Waals surface area contributed by atoms with Gasteiger partial charge in [-0.25, -0.2) is 0 Å². The molecule has 0 spiro atoms. The van der Waals surface area contributed by atoms with E-state index in [4.69, 9.17) is 15.2 Å². The smallest absolute Gasteiger partial charge is 0.120 e. The highest BCUT2D eigenvalue weighted by Gasteiger charge is 2.04. The Kier molecular flexibility index (Phi) is 4.26. The van der Waals surface area contributed by atoms with Crippen molar-refractivity contribution in [3.8, 4) is 11.5 Å². The predicted molar refractivity (Wildman–Crippen MR) is 56.8 cm³/mol. The lowest BCUT2D eigenvalue weighted by Gasteiger charge is -2.15. The van der Waals surface area contributed by atoms with E-state index in [0.717, 1.165) is 17.9 Å². The summed E-state index contributed by atoms with van der Waals surface area (Å²) < 4.78 is 10.7. The van der Waals surface area contributed by atoms with Gasteiger partial charge in [0.2, 0.25) is 0 Å². The molecule has 0 aliphatic rings. The number of rotatable bonds is 5. The Balaban J connectivity index is 2.58. The van der Waals surface area contributed by atoms with Crippen LogP contribution in [0, 0.1) is 0 Å². The highest BCUT2D eigenvalue weighted by atomic mass is 16.5. The maximum Gasteiger partial charge on any atom is 0.120 e. The Bertz CT molecular complexity index is 254. The van der Waals surface area contributed by atoms with Gasteiger partial charge in [0.1, 0.15) is 17.6 Å². The first-order chi connectivity index (χ1) is 6.80. The summed E-state index contributed by atoms with van der Waals surface area (Å²) in [6.45, 7) is 2.60. The largest absolute Gasteiger partial charge is 0.497 e. The third kappa shape index (κ3) is 2.92. The van der Waals surface area contributed by atoms with Crippen molar-refractivity contribution in [2.24, 2.45) is 5.73 Å². The summed E-state index contributed by atoms with van der Waals surface area (Å²) in [4.78, 5) is 0. The van der Waals surface area contributed by atoms with Crippen LogP contribution in [0.2, 0.25) is 0 Å². The maximum absolute atomic E-state index is 5.63. The summed E-state index contributed by atoms with van der Waals surface area (Å²) in [5.74, 6) is 1.67. The van der Waals surface area contributed by atoms with Crippen LogP contribution in [-0.2, 0) is 0 Å². The van der Waals surface area contributed by atoms with Crippen LogP contribution < -0.4 is 15.2 Å². The van der Waals surface area contributed by atoms with E-state index >= 15 is 0 Å². The molecule has 0 aromatic heterocycles. The SMILES string of the molecule is CC[C@@H](CN)Oc1ccc(OC)cc1. The van der Waals surface area contributed by atoms with Gasteiger partial charge in [-0.3, -0.25) is 0 Å². The van der Waals surface area contributed by atoms with E-state index in [1.165, 1.54) is 0 Å². The van der Waals surface area contributed by atoms with Crippen molar-refractivity contribution in [3.05, 3.63) is 24.3 Å². The Morgan fingerprint density at radius 1 is 1.21 bits per heavy atom. The molecule has 0 radical (unpaired) electrons. The third-order valence-corrected chi connectivity index (χ3v) is 2.08. The minimum Gasteiger partial charge on any atom is -0.497 e. The van der Waals surface area contributed by atoms with Crippen molar-refractivity contribution in [3.63, 3.8) is 0 Å². The lowest BCUT2D eigenvalue weighted by atomic mass is 10.2. The normalized spacial score (nSPS) is 12.2. The fourth-order valence-electron chi connectivity index (χ4n) is 1.14. The van der Waals surface area contributed by atoms with E-state index in [-0.39, 0.29) is 6.10 Å². The monoisotopic (exact) mass is 195 g/mol. The van der Waals surface area contributed by atoms with Gasteiger partial charge in [-0.05, 0) is 30.7 Å². The van der Waals surface area contributed by atoms with Gasteiger partial charge in [0.25, 0.3) is 0 Å². The molecule has 2 N–H and O–H groups in total. The summed E-state index contributed by atoms with van der Waals surface area (Å²) in [5, 5.41) is 0. The molecule has 14 heavy (non-hydrogen) atoms. The van der Waals surface area contributed by atoms with Crippen molar-refractivity contribution in [2.45, 2.75) is 19.4 Å². The molecule has 1 atom stereocenters. The Hall–Kier alpha value is -1.22. The summed E-state index contributed by atoms with van der Waals surface area (Å²) in [7, 11) is 1.64. The summed E-state index contributed by atoms with van der Waals surface area (Å²) >= 11 is 0. The Morgan fingerprint density at radius 2 is 1.79 bits per heavy atom. The molecule has 0 unspecified atom stereocenters. The number of nitrogens with two attached hydrogens (primary N) is 1. The average Bonchev–Trinajstić information content (AvgIpc) is 2.26. The second-order valence-electron chi connectivity index (χ2n) is 3.06. The molecule has 0 heterocycles. The third-order valence-electron chi connectivity index (χ3n) is 2.08. The van der Waals surface area contributed by atoms with Crippen molar-refractivity contribution in [1.82, 2.24) is 0 Å². The van der Waals surface area contributed by atoms with Crippen LogP contribution in [0.4, 0.5) is 0 Å². The molecule has 1 aromatic carbocycles. The number of hydrogen-bond acceptors (Lipinski definition) is 3. The van der Waals surface area contributed by atoms with Crippen molar-refractivity contribution >= 4 is 0 Å². The average molecular weight is 195 g/mol. The van der Waals surface area contributed by atoms with Crippen LogP contribution in [0.5, 0.6) is 11.5 Å². The number of benzene rings is 1. The van der Waals surface area contributed by atoms with Gasteiger partial charge in [0.05, 0.1) is 7.11 Å². The summed E-state index contributed by atoms with van der Waals surface area (Å²) in [5.41, 5.74) is 5.54. The van der Waals surface area contributed by atoms with Gasteiger partial charge in [-0.2, -0.15) is 0 Å². The quantitative estimate of drug-likeness (QED) is 0.779. The van der Waals surface area contributed by atoms with Crippen LogP contribution >= 0.6 is 0 Å². The van der Waals surface area contributed by atoms with E-state index in [1.807, 2.05) is 24.3 Å². The van der Waals surface area contributed by atoms with Gasteiger partial charge in [-0.1, -0.05) is 6.92 Å². The molecule has 78 valence electrons. The maximum atomic E-state index is 5.63. The minimum absolute atomic E-state index is 0.100. The van der Waals surface area contributed by atoms with E-state index < -0.39 is 0 Å². The number of ether oxygens (including phenoxy) is 2. The zero-order valence-electron chi connectivity index (χ0n) is 8.69. The zero-order valence-corrected chi connectivity index (χ0v) is 8.69. The van der Waals surface area contributed by atoms with Gasteiger partial charge in [-0.15, -0.1) is 0 Å². The van der Waals surface area contributed by atoms with E-state index in [9.17, 15) is 0 Å². The molecule has 0 amide bonds. The van der Waals surface area contributed by atoms with Gasteiger partial charge >= 0.3 is 0 Å².